The summed E-state index contributed by atoms with van der Waals surface area (Å²) >= 11 is 0. The molecule has 1 aliphatic heterocycles. The van der Waals surface area contributed by atoms with Gasteiger partial charge in [0.25, 0.3) is 0 Å². The van der Waals surface area contributed by atoms with Crippen molar-refractivity contribution in [1.29, 1.82) is 0 Å². The van der Waals surface area contributed by atoms with Crippen molar-refractivity contribution in [1.82, 2.24) is 4.13 Å². The van der Waals surface area contributed by atoms with E-state index in [1.165, 1.54) is 0 Å². The molecule has 5 rings (SSSR count). The molecule has 0 amide bonds. The lowest BCUT2D eigenvalue weighted by atomic mass is 9.64. The summed E-state index contributed by atoms with van der Waals surface area (Å²) in [6.45, 7) is -0.246. The fourth-order valence-electron chi connectivity index (χ4n) is 5.98. The molecule has 1 heterocycles. The Kier molecular flexibility index (Phi) is 6.46. The highest BCUT2D eigenvalue weighted by atomic mass is 32.3. The summed E-state index contributed by atoms with van der Waals surface area (Å²) < 4.78 is 90.9. The molecule has 0 radical (unpaired) electrons. The van der Waals surface area contributed by atoms with Gasteiger partial charge < -0.3 is 14.3 Å². The van der Waals surface area contributed by atoms with Crippen LogP contribution in [0.4, 0.5) is 13.2 Å². The zero-order valence-corrected chi connectivity index (χ0v) is 18.5. The minimum atomic E-state index is -5.31. The molecule has 4 saturated carbocycles. The van der Waals surface area contributed by atoms with E-state index in [0.29, 0.717) is 32.0 Å². The number of nitrogens with one attached hydrogen (secondary N) is 1. The fraction of sp³-hybridized carbons (Fsp3) is 0.889. The molecule has 4 bridgehead atoms. The van der Waals surface area contributed by atoms with Crippen molar-refractivity contribution < 1.29 is 49.0 Å². The predicted molar refractivity (Wildman–Crippen MR) is 102 cm³/mol. The van der Waals surface area contributed by atoms with Crippen LogP contribution in [-0.4, -0.2) is 55.8 Å². The van der Waals surface area contributed by atoms with Crippen LogP contribution in [0.25, 0.3) is 0 Å². The van der Waals surface area contributed by atoms with Crippen LogP contribution in [0.3, 0.4) is 0 Å². The highest BCUT2D eigenvalue weighted by molar-refractivity contribution is 7.99. The van der Waals surface area contributed by atoms with Gasteiger partial charge in [-0.25, -0.2) is 4.21 Å². The van der Waals surface area contributed by atoms with Crippen molar-refractivity contribution in [3.63, 3.8) is 0 Å². The van der Waals surface area contributed by atoms with Crippen molar-refractivity contribution in [2.75, 3.05) is 13.2 Å². The van der Waals surface area contributed by atoms with Crippen molar-refractivity contribution >= 4 is 33.5 Å². The van der Waals surface area contributed by atoms with Gasteiger partial charge in [0.15, 0.2) is 0 Å². The lowest BCUT2D eigenvalue weighted by Crippen LogP contribution is -2.52. The maximum absolute atomic E-state index is 12.6. The van der Waals surface area contributed by atoms with Crippen molar-refractivity contribution in [2.24, 2.45) is 29.1 Å². The molecule has 1 saturated heterocycles. The highest BCUT2D eigenvalue weighted by Crippen LogP contribution is 2.58. The van der Waals surface area contributed by atoms with Crippen molar-refractivity contribution in [2.45, 2.75) is 56.2 Å². The zero-order valence-electron chi connectivity index (χ0n) is 16.9. The molecule has 9 nitrogen and oxygen atoms in total. The number of rotatable bonds is 8. The summed E-state index contributed by atoms with van der Waals surface area (Å²) in [6, 6.07) is 0. The molecule has 14 heteroatoms. The lowest BCUT2D eigenvalue weighted by molar-refractivity contribution is -0.140. The molecule has 6 unspecified atom stereocenters. The monoisotopic (exact) mass is 503 g/mol. The first-order valence-corrected chi connectivity index (χ1v) is 12.9. The number of hydrogen-bond acceptors (Lipinski definition) is 8. The predicted octanol–water partition coefficient (Wildman–Crippen LogP) is 1.36. The van der Waals surface area contributed by atoms with Crippen molar-refractivity contribution in [3.8, 4) is 0 Å². The lowest BCUT2D eigenvalue weighted by Gasteiger charge is -2.42. The topological polar surface area (TPSA) is 125 Å². The van der Waals surface area contributed by atoms with Gasteiger partial charge in [0.2, 0.25) is 11.0 Å². The Morgan fingerprint density at radius 1 is 1.19 bits per heavy atom. The number of carbonyl (C=O) groups is 2. The second-order valence-corrected chi connectivity index (χ2v) is 12.0. The maximum atomic E-state index is 12.6. The van der Waals surface area contributed by atoms with E-state index in [1.54, 1.807) is 0 Å². The first-order valence-electron chi connectivity index (χ1n) is 10.3. The average Bonchev–Trinajstić information content (AvgIpc) is 3.05. The molecular formula is C18H24F3NO8S2. The summed E-state index contributed by atoms with van der Waals surface area (Å²) in [6.07, 6.45) is 2.11. The SMILES string of the molecule is O=CC1(COC2COC(=O)C2)C2CC3CC(CC(C3)C1OS(=O)(=O)NS(=O)C(F)(F)F)C2. The van der Waals surface area contributed by atoms with Crippen molar-refractivity contribution in [3.05, 3.63) is 0 Å². The van der Waals surface area contributed by atoms with Gasteiger partial charge >= 0.3 is 21.8 Å². The van der Waals surface area contributed by atoms with Crippen LogP contribution >= 0.6 is 0 Å². The Morgan fingerprint density at radius 2 is 1.84 bits per heavy atom. The van der Waals surface area contributed by atoms with E-state index in [9.17, 15) is 35.4 Å². The number of carbonyl (C=O) groups excluding carboxylic acids is 2. The third-order valence-corrected chi connectivity index (χ3v) is 9.43. The van der Waals surface area contributed by atoms with E-state index in [4.69, 9.17) is 13.7 Å². The Morgan fingerprint density at radius 3 is 2.38 bits per heavy atom. The second-order valence-electron chi connectivity index (χ2n) is 9.19. The number of halogens is 3. The Labute approximate surface area is 185 Å². The van der Waals surface area contributed by atoms with Gasteiger partial charge in [0, 0.05) is 0 Å². The van der Waals surface area contributed by atoms with Crippen LogP contribution in [0.2, 0.25) is 0 Å². The minimum absolute atomic E-state index is 0.00303. The largest absolute Gasteiger partial charge is 0.486 e. The van der Waals surface area contributed by atoms with Gasteiger partial charge in [-0.15, -0.1) is 4.13 Å². The van der Waals surface area contributed by atoms with E-state index < -0.39 is 56.3 Å². The second kappa shape index (κ2) is 8.60. The van der Waals surface area contributed by atoms with Crippen LogP contribution in [0.5, 0.6) is 0 Å². The van der Waals surface area contributed by atoms with E-state index in [2.05, 4.69) is 0 Å². The van der Waals surface area contributed by atoms with E-state index in [0.717, 1.165) is 10.5 Å². The Bertz CT molecular complexity index is 883. The summed E-state index contributed by atoms with van der Waals surface area (Å²) in [7, 11) is -9.00. The first-order chi connectivity index (χ1) is 14.9. The molecule has 4 aliphatic carbocycles. The molecule has 1 N–H and O–H groups in total. The third-order valence-electron chi connectivity index (χ3n) is 7.12. The van der Waals surface area contributed by atoms with Gasteiger partial charge in [-0.3, -0.25) is 8.98 Å². The number of cyclic esters (lactones) is 1. The molecule has 0 aromatic carbocycles. The maximum Gasteiger partial charge on any atom is 0.486 e. The number of esters is 1. The van der Waals surface area contributed by atoms with E-state index in [-0.39, 0.29) is 37.4 Å². The van der Waals surface area contributed by atoms with Gasteiger partial charge in [0.1, 0.15) is 19.0 Å². The Balaban J connectivity index is 1.62. The molecule has 5 fully saturated rings. The molecule has 0 spiro atoms. The summed E-state index contributed by atoms with van der Waals surface area (Å²) in [5.74, 6) is -0.631. The molecule has 5 aliphatic rings. The van der Waals surface area contributed by atoms with Crippen LogP contribution in [0, 0.1) is 29.1 Å². The minimum Gasteiger partial charge on any atom is -0.463 e. The van der Waals surface area contributed by atoms with E-state index in [1.807, 2.05) is 0 Å². The quantitative estimate of drug-likeness (QED) is 0.389. The van der Waals surface area contributed by atoms with Crippen LogP contribution < -0.4 is 4.13 Å². The number of alkyl halides is 3. The van der Waals surface area contributed by atoms with Gasteiger partial charge in [-0.05, 0) is 55.8 Å². The third kappa shape index (κ3) is 4.74. The smallest absolute Gasteiger partial charge is 0.463 e. The number of ether oxygens (including phenoxy) is 2. The highest BCUT2D eigenvalue weighted by Gasteiger charge is 2.59. The Hall–Kier alpha value is -1.09. The van der Waals surface area contributed by atoms with Gasteiger partial charge in [0.05, 0.1) is 24.5 Å². The number of hydrogen-bond donors (Lipinski definition) is 1. The molecule has 32 heavy (non-hydrogen) atoms. The molecule has 0 aromatic rings. The number of aldehydes is 1. The molecular weight excluding hydrogens is 479 g/mol. The first kappa shape index (κ1) is 24.0. The standard InChI is InChI=1S/C18H24F3NO8S2/c19-18(20,21)31(25)22-32(26,27)30-16-12-2-10-1-11(3-12)5-13(4-10)17(16,8-23)9-29-14-6-15(24)28-7-14/h8,10-14,16,22H,1-7,9H2. The number of fused-ring (bicyclic) bond motifs is 1. The molecule has 182 valence electrons. The van der Waals surface area contributed by atoms with Crippen LogP contribution in [-0.2, 0) is 44.5 Å². The summed E-state index contributed by atoms with van der Waals surface area (Å²) in [4.78, 5) is 23.9. The van der Waals surface area contributed by atoms with Gasteiger partial charge in [-0.1, -0.05) is 0 Å². The summed E-state index contributed by atoms with van der Waals surface area (Å²) in [5.41, 5.74) is -6.74. The zero-order chi connectivity index (χ0) is 23.3. The summed E-state index contributed by atoms with van der Waals surface area (Å²) in [5, 5.41) is 0. The van der Waals surface area contributed by atoms with Crippen LogP contribution in [0.15, 0.2) is 0 Å². The average molecular weight is 504 g/mol. The van der Waals surface area contributed by atoms with E-state index >= 15 is 0 Å². The molecule has 6 atom stereocenters. The normalized spacial score (nSPS) is 40.2. The molecule has 0 aromatic heterocycles. The van der Waals surface area contributed by atoms with Crippen LogP contribution in [0.1, 0.15) is 38.5 Å². The fourth-order valence-corrected chi connectivity index (χ4v) is 7.87. The van der Waals surface area contributed by atoms with Gasteiger partial charge in [-0.2, -0.15) is 21.6 Å².